The smallest absolute Gasteiger partial charge is 0.339 e. The second-order valence-electron chi connectivity index (χ2n) is 8.58. The molecule has 0 bridgehead atoms. The van der Waals surface area contributed by atoms with Crippen LogP contribution in [0.4, 0.5) is 0 Å². The van der Waals surface area contributed by atoms with Gasteiger partial charge < -0.3 is 9.15 Å². The molecule has 30 heavy (non-hydrogen) atoms. The van der Waals surface area contributed by atoms with Gasteiger partial charge in [-0.05, 0) is 18.6 Å². The summed E-state index contributed by atoms with van der Waals surface area (Å²) in [5, 5.41) is 0.869. The number of ether oxygens (including phenoxy) is 1. The summed E-state index contributed by atoms with van der Waals surface area (Å²) in [6.07, 6.45) is 21.8. The van der Waals surface area contributed by atoms with Crippen molar-refractivity contribution in [1.29, 1.82) is 0 Å². The zero-order valence-corrected chi connectivity index (χ0v) is 19.1. The second kappa shape index (κ2) is 16.0. The Kier molecular flexibility index (Phi) is 13.1. The molecule has 0 fully saturated rings. The largest absolute Gasteiger partial charge is 0.493 e. The normalized spacial score (nSPS) is 11.2. The molecule has 0 spiro atoms. The average Bonchev–Trinajstić information content (AvgIpc) is 2.75. The summed E-state index contributed by atoms with van der Waals surface area (Å²) in [7, 11) is 0. The van der Waals surface area contributed by atoms with Gasteiger partial charge in [0.2, 0.25) is 0 Å². The van der Waals surface area contributed by atoms with Gasteiger partial charge in [-0.3, -0.25) is 0 Å². The summed E-state index contributed by atoms with van der Waals surface area (Å²) in [6, 6.07) is 8.99. The molecule has 0 N–H and O–H groups in total. The fraction of sp³-hybridized carbons (Fsp3) is 0.667. The van der Waals surface area contributed by atoms with Gasteiger partial charge in [-0.15, -0.1) is 0 Å². The van der Waals surface area contributed by atoms with Gasteiger partial charge in [0.25, 0.3) is 0 Å². The van der Waals surface area contributed by atoms with Gasteiger partial charge in [0, 0.05) is 0 Å². The third-order valence-electron chi connectivity index (χ3n) is 5.87. The molecule has 0 aliphatic carbocycles. The summed E-state index contributed by atoms with van der Waals surface area (Å²) in [4.78, 5) is 11.6. The number of unbranched alkanes of at least 4 members (excludes halogenated alkanes) is 15. The van der Waals surface area contributed by atoms with Crippen molar-refractivity contribution in [3.05, 3.63) is 40.8 Å². The van der Waals surface area contributed by atoms with Crippen molar-refractivity contribution in [1.82, 2.24) is 0 Å². The minimum atomic E-state index is -0.351. The standard InChI is InChI=1S/C27H42O3/c1-2-3-4-5-6-7-8-9-10-11-12-13-14-15-16-19-22-29-26-23-27(28)30-25-21-18-17-20-24(25)26/h17-18,20-21,23H,2-16,19,22H2,1H3. The van der Waals surface area contributed by atoms with Crippen LogP contribution in [0.3, 0.4) is 0 Å². The second-order valence-corrected chi connectivity index (χ2v) is 8.58. The van der Waals surface area contributed by atoms with Crippen LogP contribution in [0.5, 0.6) is 5.75 Å². The predicted octanol–water partition coefficient (Wildman–Crippen LogP) is 8.43. The van der Waals surface area contributed by atoms with E-state index in [0.717, 1.165) is 11.8 Å². The molecule has 2 aromatic rings. The molecule has 0 saturated heterocycles. The molecule has 3 nitrogen and oxygen atoms in total. The molecule has 0 unspecified atom stereocenters. The lowest BCUT2D eigenvalue weighted by atomic mass is 10.0. The lowest BCUT2D eigenvalue weighted by molar-refractivity contribution is 0.305. The minimum absolute atomic E-state index is 0.351. The highest BCUT2D eigenvalue weighted by atomic mass is 16.5. The Morgan fingerprint density at radius 1 is 0.700 bits per heavy atom. The predicted molar refractivity (Wildman–Crippen MR) is 128 cm³/mol. The van der Waals surface area contributed by atoms with Crippen LogP contribution in [-0.2, 0) is 0 Å². The van der Waals surface area contributed by atoms with E-state index in [1.54, 1.807) is 6.07 Å². The quantitative estimate of drug-likeness (QED) is 0.181. The number of fused-ring (bicyclic) bond motifs is 1. The highest BCUT2D eigenvalue weighted by Gasteiger charge is 2.05. The Morgan fingerprint density at radius 2 is 1.20 bits per heavy atom. The molecule has 3 heteroatoms. The molecule has 0 aliphatic heterocycles. The van der Waals surface area contributed by atoms with Crippen molar-refractivity contribution in [2.75, 3.05) is 6.61 Å². The Bertz CT molecular complexity index is 734. The van der Waals surface area contributed by atoms with Crippen LogP contribution in [0.25, 0.3) is 11.0 Å². The lowest BCUT2D eigenvalue weighted by Crippen LogP contribution is -2.03. The first-order valence-corrected chi connectivity index (χ1v) is 12.5. The fourth-order valence-electron chi connectivity index (χ4n) is 4.03. The summed E-state index contributed by atoms with van der Waals surface area (Å²) in [6.45, 7) is 2.94. The highest BCUT2D eigenvalue weighted by Crippen LogP contribution is 2.23. The Hall–Kier alpha value is -1.77. The van der Waals surface area contributed by atoms with Crippen molar-refractivity contribution in [2.45, 2.75) is 110 Å². The zero-order chi connectivity index (χ0) is 21.3. The molecule has 1 aromatic carbocycles. The van der Waals surface area contributed by atoms with Crippen molar-refractivity contribution in [3.63, 3.8) is 0 Å². The maximum absolute atomic E-state index is 11.6. The first kappa shape index (κ1) is 24.5. The van der Waals surface area contributed by atoms with Crippen molar-refractivity contribution < 1.29 is 9.15 Å². The van der Waals surface area contributed by atoms with Gasteiger partial charge in [0.1, 0.15) is 11.3 Å². The van der Waals surface area contributed by atoms with E-state index in [1.165, 1.54) is 102 Å². The molecular weight excluding hydrogens is 372 g/mol. The molecule has 2 rings (SSSR count). The zero-order valence-electron chi connectivity index (χ0n) is 19.1. The lowest BCUT2D eigenvalue weighted by Gasteiger charge is -2.08. The van der Waals surface area contributed by atoms with Crippen LogP contribution in [0.2, 0.25) is 0 Å². The monoisotopic (exact) mass is 414 g/mol. The van der Waals surface area contributed by atoms with Crippen LogP contribution < -0.4 is 10.4 Å². The number of rotatable bonds is 18. The summed E-state index contributed by atoms with van der Waals surface area (Å²) in [5.41, 5.74) is 0.239. The number of hydrogen-bond acceptors (Lipinski definition) is 3. The fourth-order valence-corrected chi connectivity index (χ4v) is 4.03. The van der Waals surface area contributed by atoms with Crippen LogP contribution in [0, 0.1) is 0 Å². The van der Waals surface area contributed by atoms with Gasteiger partial charge >= 0.3 is 5.63 Å². The summed E-state index contributed by atoms with van der Waals surface area (Å²) >= 11 is 0. The van der Waals surface area contributed by atoms with E-state index < -0.39 is 0 Å². The first-order chi connectivity index (χ1) is 14.8. The maximum Gasteiger partial charge on any atom is 0.339 e. The molecular formula is C27H42O3. The summed E-state index contributed by atoms with van der Waals surface area (Å²) in [5.74, 6) is 0.641. The number of hydrogen-bond donors (Lipinski definition) is 0. The molecule has 0 aliphatic rings. The van der Waals surface area contributed by atoms with Gasteiger partial charge in [0.15, 0.2) is 0 Å². The molecule has 1 aromatic heterocycles. The topological polar surface area (TPSA) is 39.4 Å². The van der Waals surface area contributed by atoms with Crippen molar-refractivity contribution >= 4 is 11.0 Å². The molecule has 168 valence electrons. The number of benzene rings is 1. The maximum atomic E-state index is 11.6. The van der Waals surface area contributed by atoms with Gasteiger partial charge in [0.05, 0.1) is 18.1 Å². The third-order valence-corrected chi connectivity index (χ3v) is 5.87. The van der Waals surface area contributed by atoms with Crippen molar-refractivity contribution in [3.8, 4) is 5.75 Å². The molecule has 0 saturated carbocycles. The van der Waals surface area contributed by atoms with E-state index in [2.05, 4.69) is 6.92 Å². The first-order valence-electron chi connectivity index (χ1n) is 12.5. The molecule has 1 heterocycles. The van der Waals surface area contributed by atoms with E-state index in [4.69, 9.17) is 9.15 Å². The highest BCUT2D eigenvalue weighted by molar-refractivity contribution is 5.82. The average molecular weight is 415 g/mol. The Morgan fingerprint density at radius 3 is 1.77 bits per heavy atom. The minimum Gasteiger partial charge on any atom is -0.493 e. The molecule has 0 radical (unpaired) electrons. The van der Waals surface area contributed by atoms with Gasteiger partial charge in [-0.1, -0.05) is 115 Å². The SMILES string of the molecule is CCCCCCCCCCCCCCCCCCOc1cc(=O)oc2ccccc12. The molecule has 0 atom stereocenters. The Labute approximate surface area is 183 Å². The molecule has 0 amide bonds. The van der Waals surface area contributed by atoms with E-state index >= 15 is 0 Å². The Balaban J connectivity index is 1.40. The van der Waals surface area contributed by atoms with Crippen LogP contribution in [-0.4, -0.2) is 6.61 Å². The van der Waals surface area contributed by atoms with E-state index in [-0.39, 0.29) is 5.63 Å². The van der Waals surface area contributed by atoms with E-state index in [1.807, 2.05) is 18.2 Å². The van der Waals surface area contributed by atoms with Crippen LogP contribution >= 0.6 is 0 Å². The van der Waals surface area contributed by atoms with Gasteiger partial charge in [-0.25, -0.2) is 4.79 Å². The van der Waals surface area contributed by atoms with E-state index in [9.17, 15) is 4.79 Å². The third kappa shape index (κ3) is 10.3. The summed E-state index contributed by atoms with van der Waals surface area (Å²) < 4.78 is 11.1. The van der Waals surface area contributed by atoms with E-state index in [0.29, 0.717) is 17.9 Å². The van der Waals surface area contributed by atoms with Crippen LogP contribution in [0.15, 0.2) is 39.5 Å². The number of para-hydroxylation sites is 1. The van der Waals surface area contributed by atoms with Gasteiger partial charge in [-0.2, -0.15) is 0 Å². The van der Waals surface area contributed by atoms with Crippen LogP contribution in [0.1, 0.15) is 110 Å². The van der Waals surface area contributed by atoms with Crippen molar-refractivity contribution in [2.24, 2.45) is 0 Å².